The smallest absolute Gasteiger partial charge is 0.184 e. The van der Waals surface area contributed by atoms with Crippen molar-refractivity contribution in [2.45, 2.75) is 19.4 Å². The molecule has 0 aliphatic rings. The van der Waals surface area contributed by atoms with Crippen molar-refractivity contribution in [3.05, 3.63) is 24.3 Å². The first kappa shape index (κ1) is 12.5. The van der Waals surface area contributed by atoms with Gasteiger partial charge in [0.05, 0.1) is 12.6 Å². The Morgan fingerprint density at radius 1 is 1.39 bits per heavy atom. The van der Waals surface area contributed by atoms with Crippen LogP contribution < -0.4 is 5.73 Å². The van der Waals surface area contributed by atoms with Gasteiger partial charge >= 0.3 is 0 Å². The summed E-state index contributed by atoms with van der Waals surface area (Å²) in [6, 6.07) is 7.67. The third-order valence-corrected chi connectivity index (χ3v) is 2.87. The molecule has 18 heavy (non-hydrogen) atoms. The van der Waals surface area contributed by atoms with Crippen molar-refractivity contribution in [1.29, 1.82) is 0 Å². The summed E-state index contributed by atoms with van der Waals surface area (Å²) in [4.78, 5) is 0. The van der Waals surface area contributed by atoms with E-state index in [1.54, 1.807) is 11.8 Å². The largest absolute Gasteiger partial charge is 0.398 e. The van der Waals surface area contributed by atoms with Crippen LogP contribution in [0.2, 0.25) is 0 Å². The summed E-state index contributed by atoms with van der Waals surface area (Å²) in [5.41, 5.74) is 7.47. The van der Waals surface area contributed by atoms with E-state index >= 15 is 0 Å². The van der Waals surface area contributed by atoms with Gasteiger partial charge < -0.3 is 10.5 Å². The van der Waals surface area contributed by atoms with Crippen molar-refractivity contribution in [2.75, 3.05) is 19.5 Å². The van der Waals surface area contributed by atoms with E-state index in [1.807, 2.05) is 24.3 Å². The Labute approximate surface area is 106 Å². The van der Waals surface area contributed by atoms with Crippen molar-refractivity contribution >= 4 is 5.69 Å². The Morgan fingerprint density at radius 3 is 2.83 bits per heavy atom. The Bertz CT molecular complexity index is 511. The molecule has 0 radical (unpaired) electrons. The fourth-order valence-electron chi connectivity index (χ4n) is 1.87. The Balaban J connectivity index is 2.41. The van der Waals surface area contributed by atoms with Crippen molar-refractivity contribution in [3.8, 4) is 11.4 Å². The van der Waals surface area contributed by atoms with Crippen LogP contribution in [0.15, 0.2) is 24.3 Å². The van der Waals surface area contributed by atoms with Crippen LogP contribution in [-0.2, 0) is 4.74 Å². The van der Waals surface area contributed by atoms with Crippen LogP contribution in [0.5, 0.6) is 0 Å². The molecule has 1 heterocycles. The molecule has 0 saturated carbocycles. The molecule has 6 nitrogen and oxygen atoms in total. The van der Waals surface area contributed by atoms with E-state index in [1.165, 1.54) is 0 Å². The molecule has 96 valence electrons. The lowest BCUT2D eigenvalue weighted by atomic mass is 10.1. The molecular weight excluding hydrogens is 230 g/mol. The monoisotopic (exact) mass is 247 g/mol. The minimum Gasteiger partial charge on any atom is -0.398 e. The molecule has 1 atom stereocenters. The molecule has 0 amide bonds. The summed E-state index contributed by atoms with van der Waals surface area (Å²) in [5.74, 6) is 0.678. The molecule has 2 N–H and O–H groups in total. The van der Waals surface area contributed by atoms with Crippen LogP contribution in [0.3, 0.4) is 0 Å². The minimum absolute atomic E-state index is 0.111. The summed E-state index contributed by atoms with van der Waals surface area (Å²) < 4.78 is 6.97. The molecule has 0 fully saturated rings. The number of aromatic nitrogens is 4. The molecule has 1 aromatic carbocycles. The average molecular weight is 247 g/mol. The number of hydrogen-bond donors (Lipinski definition) is 1. The molecule has 0 aliphatic heterocycles. The third kappa shape index (κ3) is 2.33. The second-order valence-corrected chi connectivity index (χ2v) is 4.05. The second kappa shape index (κ2) is 5.59. The summed E-state index contributed by atoms with van der Waals surface area (Å²) in [6.45, 7) is 2.64. The van der Waals surface area contributed by atoms with Crippen LogP contribution in [-0.4, -0.2) is 33.9 Å². The lowest BCUT2D eigenvalue weighted by Gasteiger charge is -2.15. The fourth-order valence-corrected chi connectivity index (χ4v) is 1.87. The second-order valence-electron chi connectivity index (χ2n) is 4.05. The summed E-state index contributed by atoms with van der Waals surface area (Å²) >= 11 is 0. The molecule has 0 aliphatic carbocycles. The predicted molar refractivity (Wildman–Crippen MR) is 68.9 cm³/mol. The van der Waals surface area contributed by atoms with Crippen LogP contribution >= 0.6 is 0 Å². The van der Waals surface area contributed by atoms with Crippen LogP contribution in [0, 0.1) is 0 Å². The number of nitrogen functional groups attached to an aromatic ring is 1. The van der Waals surface area contributed by atoms with E-state index in [0.717, 1.165) is 12.0 Å². The maximum absolute atomic E-state index is 5.96. The van der Waals surface area contributed by atoms with Crippen molar-refractivity contribution in [1.82, 2.24) is 20.2 Å². The zero-order valence-corrected chi connectivity index (χ0v) is 10.6. The van der Waals surface area contributed by atoms with E-state index in [-0.39, 0.29) is 6.04 Å². The maximum Gasteiger partial charge on any atom is 0.184 e. The van der Waals surface area contributed by atoms with Gasteiger partial charge in [-0.3, -0.25) is 0 Å². The van der Waals surface area contributed by atoms with Crippen LogP contribution in [0.25, 0.3) is 11.4 Å². The summed E-state index contributed by atoms with van der Waals surface area (Å²) in [6.07, 6.45) is 0.888. The highest BCUT2D eigenvalue weighted by Crippen LogP contribution is 2.25. The minimum atomic E-state index is 0.111. The SMILES string of the molecule is CCC(COC)n1nnnc1-c1ccccc1N. The van der Waals surface area contributed by atoms with Gasteiger partial charge in [-0.1, -0.05) is 19.1 Å². The quantitative estimate of drug-likeness (QED) is 0.810. The Hall–Kier alpha value is -1.95. The number of nitrogens with zero attached hydrogens (tertiary/aromatic N) is 4. The molecular formula is C12H17N5O. The Morgan fingerprint density at radius 2 is 2.17 bits per heavy atom. The highest BCUT2D eigenvalue weighted by Gasteiger charge is 2.18. The van der Waals surface area contributed by atoms with Gasteiger partial charge in [0.15, 0.2) is 5.82 Å². The van der Waals surface area contributed by atoms with Crippen molar-refractivity contribution in [2.24, 2.45) is 0 Å². The van der Waals surface area contributed by atoms with Gasteiger partial charge in [-0.2, -0.15) is 0 Å². The molecule has 1 unspecified atom stereocenters. The van der Waals surface area contributed by atoms with Crippen LogP contribution in [0.1, 0.15) is 19.4 Å². The number of para-hydroxylation sites is 1. The van der Waals surface area contributed by atoms with Gasteiger partial charge in [0.2, 0.25) is 0 Å². The lowest BCUT2D eigenvalue weighted by molar-refractivity contribution is 0.147. The number of nitrogens with two attached hydrogens (primary N) is 1. The van der Waals surface area contributed by atoms with Gasteiger partial charge in [0, 0.05) is 18.4 Å². The molecule has 0 spiro atoms. The Kier molecular flexibility index (Phi) is 3.88. The van der Waals surface area contributed by atoms with E-state index in [4.69, 9.17) is 10.5 Å². The maximum atomic E-state index is 5.96. The molecule has 2 aromatic rings. The topological polar surface area (TPSA) is 78.8 Å². The van der Waals surface area contributed by atoms with Crippen molar-refractivity contribution < 1.29 is 4.74 Å². The standard InChI is InChI=1S/C12H17N5O/c1-3-9(8-18-2)17-12(14-15-16-17)10-6-4-5-7-11(10)13/h4-7,9H,3,8,13H2,1-2H3. The zero-order chi connectivity index (χ0) is 13.0. The average Bonchev–Trinajstić information content (AvgIpc) is 2.85. The molecule has 1 aromatic heterocycles. The third-order valence-electron chi connectivity index (χ3n) is 2.87. The van der Waals surface area contributed by atoms with E-state index < -0.39 is 0 Å². The first-order valence-corrected chi connectivity index (χ1v) is 5.89. The van der Waals surface area contributed by atoms with Crippen LogP contribution in [0.4, 0.5) is 5.69 Å². The summed E-state index contributed by atoms with van der Waals surface area (Å²) in [5, 5.41) is 11.9. The number of ether oxygens (including phenoxy) is 1. The van der Waals surface area contributed by atoms with E-state index in [0.29, 0.717) is 18.1 Å². The molecule has 6 heteroatoms. The number of hydrogen-bond acceptors (Lipinski definition) is 5. The van der Waals surface area contributed by atoms with Gasteiger partial charge in [-0.05, 0) is 29.0 Å². The van der Waals surface area contributed by atoms with Crippen molar-refractivity contribution in [3.63, 3.8) is 0 Å². The molecule has 2 rings (SSSR count). The van der Waals surface area contributed by atoms with E-state index in [2.05, 4.69) is 22.4 Å². The van der Waals surface area contributed by atoms with Gasteiger partial charge in [0.25, 0.3) is 0 Å². The highest BCUT2D eigenvalue weighted by molar-refractivity contribution is 5.71. The number of tetrazole rings is 1. The first-order valence-electron chi connectivity index (χ1n) is 5.89. The highest BCUT2D eigenvalue weighted by atomic mass is 16.5. The number of benzene rings is 1. The predicted octanol–water partition coefficient (Wildman–Crippen LogP) is 1.52. The normalized spacial score (nSPS) is 12.6. The number of methoxy groups -OCH3 is 1. The van der Waals surface area contributed by atoms with Gasteiger partial charge in [-0.25, -0.2) is 4.68 Å². The van der Waals surface area contributed by atoms with Gasteiger partial charge in [-0.15, -0.1) is 5.10 Å². The zero-order valence-electron chi connectivity index (χ0n) is 10.6. The number of rotatable bonds is 5. The van der Waals surface area contributed by atoms with E-state index in [9.17, 15) is 0 Å². The number of anilines is 1. The molecule has 0 saturated heterocycles. The van der Waals surface area contributed by atoms with Gasteiger partial charge in [0.1, 0.15) is 0 Å². The lowest BCUT2D eigenvalue weighted by Crippen LogP contribution is -2.16. The first-order chi connectivity index (χ1) is 8.77. The summed E-state index contributed by atoms with van der Waals surface area (Å²) in [7, 11) is 1.67. The molecule has 0 bridgehead atoms. The fraction of sp³-hybridized carbons (Fsp3) is 0.417.